The lowest BCUT2D eigenvalue weighted by Crippen LogP contribution is -2.36. The third kappa shape index (κ3) is 3.54. The van der Waals surface area contributed by atoms with Crippen molar-refractivity contribution in [3.63, 3.8) is 0 Å². The number of amidine groups is 1. The Balaban J connectivity index is 2.47. The van der Waals surface area contributed by atoms with Crippen molar-refractivity contribution in [1.82, 2.24) is 4.72 Å². The van der Waals surface area contributed by atoms with Crippen LogP contribution < -0.4 is 4.72 Å². The molecule has 0 unspecified atom stereocenters. The van der Waals surface area contributed by atoms with Crippen molar-refractivity contribution in [1.29, 1.82) is 0 Å². The topological polar surface area (TPSA) is 49.2 Å². The molecule has 0 radical (unpaired) electrons. The molecule has 0 aliphatic carbocycles. The van der Waals surface area contributed by atoms with E-state index in [1.165, 1.54) is 0 Å². The first-order valence-corrected chi connectivity index (χ1v) is 8.49. The third-order valence-corrected chi connectivity index (χ3v) is 4.84. The van der Waals surface area contributed by atoms with Crippen LogP contribution in [0.4, 0.5) is 0 Å². The number of sulfonamides is 1. The molecule has 0 spiro atoms. The highest BCUT2D eigenvalue weighted by molar-refractivity contribution is 7.90. The minimum absolute atomic E-state index is 0.308. The van der Waals surface area contributed by atoms with E-state index < -0.39 is 10.0 Å². The average Bonchev–Trinajstić information content (AvgIpc) is 2.48. The molecule has 116 valence electrons. The minimum atomic E-state index is -3.63. The third-order valence-electron chi connectivity index (χ3n) is 3.36. The van der Waals surface area contributed by atoms with E-state index in [4.69, 9.17) is 0 Å². The average molecular weight is 317 g/mol. The Morgan fingerprint density at radius 1 is 1.00 bits per heavy atom. The number of nitrogens with zero attached hydrogens (tertiary/aromatic N) is 1. The van der Waals surface area contributed by atoms with Crippen LogP contribution in [0.3, 0.4) is 0 Å². The fourth-order valence-corrected chi connectivity index (χ4v) is 3.68. The molecule has 0 atom stereocenters. The Morgan fingerprint density at radius 2 is 1.64 bits per heavy atom. The normalized spacial score (nSPS) is 11.1. The number of nitrogens with one attached hydrogen (secondary N) is 1. The van der Waals surface area contributed by atoms with Gasteiger partial charge in [-0.05, 0) is 43.2 Å². The summed E-state index contributed by atoms with van der Waals surface area (Å²) in [6.45, 7) is 3.68. The Kier molecular flexibility index (Phi) is 4.66. The molecule has 0 bridgehead atoms. The van der Waals surface area contributed by atoms with E-state index in [-0.39, 0.29) is 0 Å². The van der Waals surface area contributed by atoms with Crippen molar-refractivity contribution >= 4 is 15.9 Å². The van der Waals surface area contributed by atoms with Crippen LogP contribution in [-0.2, 0) is 10.0 Å². The highest BCUT2D eigenvalue weighted by Crippen LogP contribution is 2.17. The van der Waals surface area contributed by atoms with Gasteiger partial charge < -0.3 is 0 Å². The molecule has 5 heteroatoms. The van der Waals surface area contributed by atoms with Crippen molar-refractivity contribution in [2.75, 3.05) is 14.1 Å². The molecule has 0 heterocycles. The maximum atomic E-state index is 12.7. The van der Waals surface area contributed by atoms with Gasteiger partial charge in [-0.3, -0.25) is 4.58 Å². The first-order chi connectivity index (χ1) is 10.3. The summed E-state index contributed by atoms with van der Waals surface area (Å²) in [7, 11) is -0.00765. The molecule has 4 nitrogen and oxygen atoms in total. The smallest absolute Gasteiger partial charge is 0.266 e. The van der Waals surface area contributed by atoms with Crippen LogP contribution in [0.25, 0.3) is 0 Å². The largest absolute Gasteiger partial charge is 0.329 e. The van der Waals surface area contributed by atoms with Gasteiger partial charge in [0.1, 0.15) is 4.90 Å². The van der Waals surface area contributed by atoms with E-state index in [0.29, 0.717) is 10.7 Å². The highest BCUT2D eigenvalue weighted by Gasteiger charge is 2.26. The lowest BCUT2D eigenvalue weighted by Gasteiger charge is -2.10. The molecule has 0 saturated heterocycles. The van der Waals surface area contributed by atoms with Gasteiger partial charge >= 0.3 is 10.0 Å². The predicted molar refractivity (Wildman–Crippen MR) is 88.9 cm³/mol. The molecule has 0 saturated carbocycles. The molecule has 0 aromatic heterocycles. The summed E-state index contributed by atoms with van der Waals surface area (Å²) in [5.74, 6) is 0.543. The van der Waals surface area contributed by atoms with Crippen molar-refractivity contribution in [3.05, 3.63) is 65.2 Å². The van der Waals surface area contributed by atoms with Crippen LogP contribution in [0.2, 0.25) is 0 Å². The van der Waals surface area contributed by atoms with E-state index in [0.717, 1.165) is 16.7 Å². The lowest BCUT2D eigenvalue weighted by molar-refractivity contribution is -0.465. The molecule has 2 aromatic carbocycles. The molecule has 0 fully saturated rings. The van der Waals surface area contributed by atoms with Gasteiger partial charge in [-0.15, -0.1) is 0 Å². The Morgan fingerprint density at radius 3 is 2.23 bits per heavy atom. The number of benzene rings is 2. The number of aryl methyl sites for hydroxylation is 2. The van der Waals surface area contributed by atoms with Gasteiger partial charge in [0.2, 0.25) is 0 Å². The standard InChI is InChI=1S/C17H20N2O2S/c1-13-10-11-14(2)16(12-13)22(20,21)18-17(19(3)4)15-8-6-5-7-9-15/h5-12H,1-4H3/p+1. The molecule has 1 N–H and O–H groups in total. The number of hydrogen-bond donors (Lipinski definition) is 1. The first kappa shape index (κ1) is 16.2. The van der Waals surface area contributed by atoms with Crippen molar-refractivity contribution < 1.29 is 13.0 Å². The zero-order valence-corrected chi connectivity index (χ0v) is 14.1. The van der Waals surface area contributed by atoms with Gasteiger partial charge in [0.05, 0.1) is 19.7 Å². The van der Waals surface area contributed by atoms with E-state index in [1.807, 2.05) is 63.5 Å². The van der Waals surface area contributed by atoms with Crippen LogP contribution in [0.15, 0.2) is 53.4 Å². The summed E-state index contributed by atoms with van der Waals surface area (Å²) in [6.07, 6.45) is 0. The summed E-state index contributed by atoms with van der Waals surface area (Å²) in [5, 5.41) is 0. The lowest BCUT2D eigenvalue weighted by atomic mass is 10.2. The second kappa shape index (κ2) is 6.32. The fraction of sp³-hybridized carbons (Fsp3) is 0.235. The molecule has 0 aliphatic heterocycles. The zero-order chi connectivity index (χ0) is 16.3. The molecular formula is C17H21N2O2S+. The maximum Gasteiger partial charge on any atom is 0.329 e. The predicted octanol–water partition coefficient (Wildman–Crippen LogP) is 2.30. The Labute approximate surface area is 132 Å². The van der Waals surface area contributed by atoms with Crippen molar-refractivity contribution in [3.8, 4) is 0 Å². The van der Waals surface area contributed by atoms with E-state index >= 15 is 0 Å². The molecule has 0 aliphatic rings. The minimum Gasteiger partial charge on any atom is -0.266 e. The van der Waals surface area contributed by atoms with Crippen LogP contribution in [-0.4, -0.2) is 32.9 Å². The number of rotatable bonds is 3. The van der Waals surface area contributed by atoms with Crippen molar-refractivity contribution in [2.24, 2.45) is 0 Å². The first-order valence-electron chi connectivity index (χ1n) is 7.01. The molecule has 0 amide bonds. The van der Waals surface area contributed by atoms with Gasteiger partial charge in [0.15, 0.2) is 0 Å². The Hall–Kier alpha value is -2.14. The summed E-state index contributed by atoms with van der Waals surface area (Å²) < 4.78 is 29.9. The van der Waals surface area contributed by atoms with Crippen LogP contribution in [0.5, 0.6) is 0 Å². The molecule has 2 aromatic rings. The fourth-order valence-electron chi connectivity index (χ4n) is 2.18. The van der Waals surface area contributed by atoms with Gasteiger partial charge in [0, 0.05) is 0 Å². The molecule has 22 heavy (non-hydrogen) atoms. The van der Waals surface area contributed by atoms with Crippen molar-refractivity contribution in [2.45, 2.75) is 18.7 Å². The zero-order valence-electron chi connectivity index (χ0n) is 13.3. The summed E-state index contributed by atoms with van der Waals surface area (Å²) in [4.78, 5) is 0.308. The summed E-state index contributed by atoms with van der Waals surface area (Å²) >= 11 is 0. The SMILES string of the molecule is Cc1ccc(C)c(S(=O)(=O)NC(c2ccccc2)=[N+](C)C)c1. The highest BCUT2D eigenvalue weighted by atomic mass is 32.2. The quantitative estimate of drug-likeness (QED) is 0.536. The van der Waals surface area contributed by atoms with Gasteiger partial charge in [-0.25, -0.2) is 0 Å². The van der Waals surface area contributed by atoms with Crippen LogP contribution >= 0.6 is 0 Å². The second-order valence-electron chi connectivity index (χ2n) is 5.48. The van der Waals surface area contributed by atoms with Crippen LogP contribution in [0, 0.1) is 13.8 Å². The van der Waals surface area contributed by atoms with E-state index in [2.05, 4.69) is 4.72 Å². The molecular weight excluding hydrogens is 296 g/mol. The van der Waals surface area contributed by atoms with Gasteiger partial charge in [0.25, 0.3) is 5.84 Å². The van der Waals surface area contributed by atoms with E-state index in [1.54, 1.807) is 17.6 Å². The Bertz CT molecular complexity index is 806. The maximum absolute atomic E-state index is 12.7. The second-order valence-corrected chi connectivity index (χ2v) is 7.13. The number of hydrogen-bond acceptors (Lipinski definition) is 2. The summed E-state index contributed by atoms with van der Waals surface area (Å²) in [5.41, 5.74) is 2.46. The van der Waals surface area contributed by atoms with E-state index in [9.17, 15) is 8.42 Å². The van der Waals surface area contributed by atoms with Crippen LogP contribution in [0.1, 0.15) is 16.7 Å². The van der Waals surface area contributed by atoms with Gasteiger partial charge in [-0.1, -0.05) is 30.3 Å². The monoisotopic (exact) mass is 317 g/mol. The summed E-state index contributed by atoms with van der Waals surface area (Å²) in [6, 6.07) is 14.8. The van der Waals surface area contributed by atoms with Gasteiger partial charge in [-0.2, -0.15) is 13.1 Å². The molecule has 2 rings (SSSR count).